The molecule has 5 nitrogen and oxygen atoms in total. The fourth-order valence-corrected chi connectivity index (χ4v) is 3.43. The second-order valence-electron chi connectivity index (χ2n) is 6.17. The molecule has 7 heteroatoms. The van der Waals surface area contributed by atoms with E-state index < -0.39 is 0 Å². The highest BCUT2D eigenvalue weighted by Gasteiger charge is 2.26. The quantitative estimate of drug-likeness (QED) is 0.804. The van der Waals surface area contributed by atoms with Crippen molar-refractivity contribution in [2.75, 3.05) is 25.1 Å². The van der Waals surface area contributed by atoms with Gasteiger partial charge in [-0.25, -0.2) is 4.79 Å². The maximum atomic E-state index is 12.2. The Morgan fingerprint density at radius 3 is 2.85 bits per heavy atom. The lowest BCUT2D eigenvalue weighted by atomic mass is 10.2. The molecule has 1 atom stereocenters. The maximum Gasteiger partial charge on any atom is 0.315 e. The lowest BCUT2D eigenvalue weighted by Crippen LogP contribution is -2.43. The first-order valence-electron chi connectivity index (χ1n) is 8.43. The van der Waals surface area contributed by atoms with Crippen molar-refractivity contribution in [3.63, 3.8) is 0 Å². The van der Waals surface area contributed by atoms with Gasteiger partial charge >= 0.3 is 6.03 Å². The number of benzene rings is 2. The van der Waals surface area contributed by atoms with Crippen molar-refractivity contribution in [1.82, 2.24) is 10.6 Å². The van der Waals surface area contributed by atoms with E-state index in [-0.39, 0.29) is 12.1 Å². The van der Waals surface area contributed by atoms with Crippen LogP contribution in [0.3, 0.4) is 0 Å². The summed E-state index contributed by atoms with van der Waals surface area (Å²) in [7, 11) is 1.64. The summed E-state index contributed by atoms with van der Waals surface area (Å²) in [5.41, 5.74) is 1.84. The molecule has 2 amide bonds. The van der Waals surface area contributed by atoms with Crippen molar-refractivity contribution in [3.8, 4) is 5.75 Å². The van der Waals surface area contributed by atoms with Gasteiger partial charge in [-0.2, -0.15) is 0 Å². The van der Waals surface area contributed by atoms with Gasteiger partial charge in [-0.05, 0) is 36.2 Å². The zero-order valence-electron chi connectivity index (χ0n) is 14.5. The van der Waals surface area contributed by atoms with E-state index in [2.05, 4.69) is 15.5 Å². The first kappa shape index (κ1) is 18.7. The Balaban J connectivity index is 1.54. The van der Waals surface area contributed by atoms with Crippen molar-refractivity contribution in [2.24, 2.45) is 0 Å². The molecule has 0 spiro atoms. The first-order chi connectivity index (χ1) is 12.6. The van der Waals surface area contributed by atoms with E-state index in [1.807, 2.05) is 36.4 Å². The third kappa shape index (κ3) is 4.54. The van der Waals surface area contributed by atoms with Crippen LogP contribution in [0.5, 0.6) is 5.75 Å². The van der Waals surface area contributed by atoms with Gasteiger partial charge in [0.25, 0.3) is 0 Å². The van der Waals surface area contributed by atoms with Crippen LogP contribution < -0.4 is 20.3 Å². The monoisotopic (exact) mass is 393 g/mol. The summed E-state index contributed by atoms with van der Waals surface area (Å²) >= 11 is 12.2. The van der Waals surface area contributed by atoms with E-state index >= 15 is 0 Å². The topological polar surface area (TPSA) is 53.6 Å². The molecule has 1 aliphatic heterocycles. The summed E-state index contributed by atoms with van der Waals surface area (Å²) in [6.07, 6.45) is 0.856. The second kappa shape index (κ2) is 8.52. The number of hydrogen-bond acceptors (Lipinski definition) is 3. The van der Waals surface area contributed by atoms with Crippen molar-refractivity contribution < 1.29 is 9.53 Å². The summed E-state index contributed by atoms with van der Waals surface area (Å²) in [6.45, 7) is 1.92. The summed E-state index contributed by atoms with van der Waals surface area (Å²) in [6, 6.07) is 12.9. The summed E-state index contributed by atoms with van der Waals surface area (Å²) in [5.74, 6) is 0.776. The van der Waals surface area contributed by atoms with Crippen molar-refractivity contribution in [1.29, 1.82) is 0 Å². The Kier molecular flexibility index (Phi) is 6.12. The fraction of sp³-hybridized carbons (Fsp3) is 0.316. The van der Waals surface area contributed by atoms with Gasteiger partial charge in [0.1, 0.15) is 5.75 Å². The fourth-order valence-electron chi connectivity index (χ4n) is 3.06. The molecule has 0 saturated carbocycles. The average molecular weight is 394 g/mol. The van der Waals surface area contributed by atoms with Crippen LogP contribution in [0.2, 0.25) is 10.0 Å². The third-order valence-corrected chi connectivity index (χ3v) is 5.01. The molecule has 3 rings (SSSR count). The standard InChI is InChI=1S/C19H21Cl2N3O2/c1-26-18-7-6-14(20)10-17(18)24-9-8-15(12-24)23-19(25)22-11-13-4-2-3-5-16(13)21/h2-7,10,15H,8-9,11-12H2,1H3,(H2,22,23,25). The first-order valence-corrected chi connectivity index (χ1v) is 9.18. The van der Waals surface area contributed by atoms with Gasteiger partial charge in [-0.1, -0.05) is 41.4 Å². The van der Waals surface area contributed by atoms with Crippen LogP contribution in [0.4, 0.5) is 10.5 Å². The Morgan fingerprint density at radius 1 is 1.27 bits per heavy atom. The van der Waals surface area contributed by atoms with Gasteiger partial charge in [-0.15, -0.1) is 0 Å². The molecule has 1 heterocycles. The van der Waals surface area contributed by atoms with E-state index in [1.165, 1.54) is 0 Å². The Morgan fingerprint density at radius 2 is 2.08 bits per heavy atom. The highest BCUT2D eigenvalue weighted by atomic mass is 35.5. The Labute approximate surface area is 163 Å². The van der Waals surface area contributed by atoms with Crippen LogP contribution in [0.15, 0.2) is 42.5 Å². The molecule has 138 valence electrons. The maximum absolute atomic E-state index is 12.2. The predicted octanol–water partition coefficient (Wildman–Crippen LogP) is 4.08. The lowest BCUT2D eigenvalue weighted by molar-refractivity contribution is 0.237. The number of nitrogens with zero attached hydrogens (tertiary/aromatic N) is 1. The largest absolute Gasteiger partial charge is 0.495 e. The molecule has 1 fully saturated rings. The van der Waals surface area contributed by atoms with Crippen molar-refractivity contribution in [2.45, 2.75) is 19.0 Å². The number of urea groups is 1. The van der Waals surface area contributed by atoms with Gasteiger partial charge in [0.15, 0.2) is 0 Å². The number of carbonyl (C=O) groups excluding carboxylic acids is 1. The molecule has 2 aromatic rings. The molecule has 2 aromatic carbocycles. The highest BCUT2D eigenvalue weighted by Crippen LogP contribution is 2.33. The lowest BCUT2D eigenvalue weighted by Gasteiger charge is -2.22. The van der Waals surface area contributed by atoms with Crippen LogP contribution in [0.25, 0.3) is 0 Å². The number of halogens is 2. The number of carbonyl (C=O) groups is 1. The van der Waals surface area contributed by atoms with Gasteiger partial charge in [0, 0.05) is 35.7 Å². The third-order valence-electron chi connectivity index (χ3n) is 4.40. The van der Waals surface area contributed by atoms with Crippen LogP contribution >= 0.6 is 23.2 Å². The normalized spacial score (nSPS) is 16.4. The van der Waals surface area contributed by atoms with Crippen LogP contribution in [-0.4, -0.2) is 32.3 Å². The number of anilines is 1. The molecular formula is C19H21Cl2N3O2. The number of amides is 2. The minimum Gasteiger partial charge on any atom is -0.495 e. The molecule has 1 unspecified atom stereocenters. The van der Waals surface area contributed by atoms with Gasteiger partial charge < -0.3 is 20.3 Å². The van der Waals surface area contributed by atoms with E-state index in [0.717, 1.165) is 30.0 Å². The number of rotatable bonds is 5. The van der Waals surface area contributed by atoms with Gasteiger partial charge in [0.05, 0.1) is 12.8 Å². The SMILES string of the molecule is COc1ccc(Cl)cc1N1CCC(NC(=O)NCc2ccccc2Cl)C1. The number of hydrogen-bond donors (Lipinski definition) is 2. The molecule has 2 N–H and O–H groups in total. The molecule has 0 aliphatic carbocycles. The molecule has 26 heavy (non-hydrogen) atoms. The van der Waals surface area contributed by atoms with E-state index in [4.69, 9.17) is 27.9 Å². The molecule has 0 radical (unpaired) electrons. The van der Waals surface area contributed by atoms with E-state index in [9.17, 15) is 4.79 Å². The summed E-state index contributed by atoms with van der Waals surface area (Å²) in [5, 5.41) is 7.17. The number of nitrogens with one attached hydrogen (secondary N) is 2. The Hall–Kier alpha value is -2.11. The average Bonchev–Trinajstić information content (AvgIpc) is 3.09. The summed E-state index contributed by atoms with van der Waals surface area (Å²) < 4.78 is 5.42. The highest BCUT2D eigenvalue weighted by molar-refractivity contribution is 6.31. The number of methoxy groups -OCH3 is 1. The van der Waals surface area contributed by atoms with E-state index in [0.29, 0.717) is 23.1 Å². The Bertz CT molecular complexity index is 785. The van der Waals surface area contributed by atoms with Gasteiger partial charge in [0.2, 0.25) is 0 Å². The van der Waals surface area contributed by atoms with Crippen molar-refractivity contribution >= 4 is 34.9 Å². The van der Waals surface area contributed by atoms with E-state index in [1.54, 1.807) is 13.2 Å². The van der Waals surface area contributed by atoms with Crippen LogP contribution in [-0.2, 0) is 6.54 Å². The molecule has 1 saturated heterocycles. The molecule has 0 aromatic heterocycles. The number of ether oxygens (including phenoxy) is 1. The summed E-state index contributed by atoms with van der Waals surface area (Å²) in [4.78, 5) is 14.3. The minimum absolute atomic E-state index is 0.0601. The second-order valence-corrected chi connectivity index (χ2v) is 7.01. The smallest absolute Gasteiger partial charge is 0.315 e. The van der Waals surface area contributed by atoms with Crippen molar-refractivity contribution in [3.05, 3.63) is 58.1 Å². The zero-order valence-corrected chi connectivity index (χ0v) is 16.0. The minimum atomic E-state index is -0.199. The predicted molar refractivity (Wildman–Crippen MR) is 105 cm³/mol. The molecule has 1 aliphatic rings. The van der Waals surface area contributed by atoms with Crippen LogP contribution in [0, 0.1) is 0 Å². The molecule has 0 bridgehead atoms. The molecular weight excluding hydrogens is 373 g/mol. The van der Waals surface area contributed by atoms with Gasteiger partial charge in [-0.3, -0.25) is 0 Å². The zero-order chi connectivity index (χ0) is 18.5. The van der Waals surface area contributed by atoms with Crippen LogP contribution in [0.1, 0.15) is 12.0 Å².